The Balaban J connectivity index is 1.35. The number of aromatic nitrogens is 3. The normalized spacial score (nSPS) is 10.7. The lowest BCUT2D eigenvalue weighted by atomic mass is 10.0. The number of carbonyl (C=O) groups is 2. The van der Waals surface area contributed by atoms with E-state index in [1.54, 1.807) is 25.7 Å². The molecule has 0 spiro atoms. The highest BCUT2D eigenvalue weighted by atomic mass is 16.5. The Bertz CT molecular complexity index is 1450. The maximum Gasteiger partial charge on any atom is 0.407 e. The summed E-state index contributed by atoms with van der Waals surface area (Å²) in [5.41, 5.74) is 11.1. The molecule has 2 aromatic heterocycles. The zero-order chi connectivity index (χ0) is 29.0. The topological polar surface area (TPSA) is 133 Å². The fourth-order valence-corrected chi connectivity index (χ4v) is 4.20. The Hall–Kier alpha value is -4.83. The number of alkyl carbamates (subject to hydrolysis) is 1. The van der Waals surface area contributed by atoms with Gasteiger partial charge >= 0.3 is 6.09 Å². The van der Waals surface area contributed by atoms with Crippen LogP contribution in [-0.2, 0) is 28.9 Å². The molecule has 10 heteroatoms. The molecule has 0 bridgehead atoms. The molecule has 3 N–H and O–H groups in total. The molecule has 0 saturated carbocycles. The van der Waals surface area contributed by atoms with E-state index in [9.17, 15) is 9.59 Å². The quantitative estimate of drug-likeness (QED) is 0.234. The zero-order valence-corrected chi connectivity index (χ0v) is 23.2. The van der Waals surface area contributed by atoms with Crippen molar-refractivity contribution >= 4 is 23.4 Å². The molecule has 0 unspecified atom stereocenters. The molecular weight excluding hydrogens is 520 g/mol. The lowest BCUT2D eigenvalue weighted by Gasteiger charge is -2.21. The van der Waals surface area contributed by atoms with Gasteiger partial charge in [-0.05, 0) is 23.6 Å². The molecule has 2 heterocycles. The van der Waals surface area contributed by atoms with Gasteiger partial charge in [-0.25, -0.2) is 14.8 Å². The fourth-order valence-electron chi connectivity index (χ4n) is 4.20. The first-order valence-electron chi connectivity index (χ1n) is 13.3. The molecule has 0 atom stereocenters. The Morgan fingerprint density at radius 1 is 1.00 bits per heavy atom. The van der Waals surface area contributed by atoms with Gasteiger partial charge < -0.3 is 25.4 Å². The number of nitrogens with zero attached hydrogens (tertiary/aromatic N) is 4. The predicted octanol–water partition coefficient (Wildman–Crippen LogP) is 4.10. The average Bonchev–Trinajstić information content (AvgIpc) is 3.00. The zero-order valence-electron chi connectivity index (χ0n) is 23.2. The number of anilines is 2. The van der Waals surface area contributed by atoms with Crippen LogP contribution in [-0.4, -0.2) is 60.7 Å². The molecular formula is C31H34N6O4. The molecule has 0 radical (unpaired) electrons. The number of methoxy groups -OCH3 is 1. The molecule has 0 aliphatic carbocycles. The van der Waals surface area contributed by atoms with Crippen LogP contribution in [0.1, 0.15) is 27.2 Å². The number of ether oxygens (including phenoxy) is 2. The van der Waals surface area contributed by atoms with Gasteiger partial charge in [-0.15, -0.1) is 0 Å². The van der Waals surface area contributed by atoms with Crippen molar-refractivity contribution in [2.45, 2.75) is 19.4 Å². The van der Waals surface area contributed by atoms with E-state index in [4.69, 9.17) is 15.2 Å². The summed E-state index contributed by atoms with van der Waals surface area (Å²) in [5.74, 6) is -0.160. The number of hydrogen-bond donors (Lipinski definition) is 2. The molecule has 212 valence electrons. The standard InChI is InChI=1S/C31H34N6O4/c1-37(16-17-40-2)27-13-14-33-19-25(27)18-28(38)29-30(32)35-20-26(36-29)24-10-8-22(9-11-24)12-15-34-31(39)41-21-23-6-4-3-5-7-23/h3-11,13-14,19-20H,12,15-18,21H2,1-2H3,(H2,32,35)(H,34,39). The molecule has 0 aliphatic heterocycles. The van der Waals surface area contributed by atoms with E-state index in [1.807, 2.05) is 72.6 Å². The number of ketones is 1. The number of rotatable bonds is 13. The molecule has 2 aromatic carbocycles. The highest BCUT2D eigenvalue weighted by Crippen LogP contribution is 2.23. The van der Waals surface area contributed by atoms with Gasteiger partial charge in [-0.2, -0.15) is 0 Å². The summed E-state index contributed by atoms with van der Waals surface area (Å²) < 4.78 is 10.4. The first-order valence-corrected chi connectivity index (χ1v) is 13.3. The van der Waals surface area contributed by atoms with Crippen LogP contribution >= 0.6 is 0 Å². The number of likely N-dealkylation sites (N-methyl/N-ethyl adjacent to an activating group) is 1. The number of carbonyl (C=O) groups excluding carboxylic acids is 2. The number of Topliss-reactive ketones (excluding diaryl/α,β-unsaturated/α-hetero) is 1. The van der Waals surface area contributed by atoms with Crippen LogP contribution in [0.15, 0.2) is 79.3 Å². The number of hydrogen-bond acceptors (Lipinski definition) is 9. The summed E-state index contributed by atoms with van der Waals surface area (Å²) in [6, 6.07) is 19.1. The van der Waals surface area contributed by atoms with Crippen LogP contribution < -0.4 is 16.0 Å². The SMILES string of the molecule is COCCN(C)c1ccncc1CC(=O)c1nc(-c2ccc(CCNC(=O)OCc3ccccc3)cc2)cnc1N. The molecule has 0 saturated heterocycles. The molecule has 0 fully saturated rings. The minimum absolute atomic E-state index is 0.0822. The fraction of sp³-hybridized carbons (Fsp3) is 0.258. The van der Waals surface area contributed by atoms with Crippen LogP contribution in [0.2, 0.25) is 0 Å². The Morgan fingerprint density at radius 2 is 1.78 bits per heavy atom. The van der Waals surface area contributed by atoms with Crippen molar-refractivity contribution in [2.24, 2.45) is 0 Å². The third-order valence-corrected chi connectivity index (χ3v) is 6.48. The van der Waals surface area contributed by atoms with E-state index in [2.05, 4.69) is 20.3 Å². The third-order valence-electron chi connectivity index (χ3n) is 6.48. The minimum atomic E-state index is -0.458. The van der Waals surface area contributed by atoms with E-state index in [0.717, 1.165) is 27.9 Å². The molecule has 4 aromatic rings. The van der Waals surface area contributed by atoms with E-state index >= 15 is 0 Å². The number of pyridine rings is 1. The molecule has 10 nitrogen and oxygen atoms in total. The lowest BCUT2D eigenvalue weighted by molar-refractivity contribution is 0.0988. The number of amides is 1. The lowest BCUT2D eigenvalue weighted by Crippen LogP contribution is -2.26. The second-order valence-electron chi connectivity index (χ2n) is 9.44. The van der Waals surface area contributed by atoms with Crippen molar-refractivity contribution in [1.82, 2.24) is 20.3 Å². The van der Waals surface area contributed by atoms with Gasteiger partial charge in [-0.3, -0.25) is 9.78 Å². The van der Waals surface area contributed by atoms with Gasteiger partial charge in [0, 0.05) is 62.9 Å². The van der Waals surface area contributed by atoms with Crippen molar-refractivity contribution in [1.29, 1.82) is 0 Å². The van der Waals surface area contributed by atoms with E-state index in [1.165, 1.54) is 0 Å². The first-order chi connectivity index (χ1) is 19.9. The second-order valence-corrected chi connectivity index (χ2v) is 9.44. The Kier molecular flexibility index (Phi) is 10.3. The second kappa shape index (κ2) is 14.5. The van der Waals surface area contributed by atoms with Crippen LogP contribution in [0.3, 0.4) is 0 Å². The minimum Gasteiger partial charge on any atom is -0.445 e. The molecule has 4 rings (SSSR count). The maximum absolute atomic E-state index is 13.3. The van der Waals surface area contributed by atoms with Crippen LogP contribution in [0, 0.1) is 0 Å². The Labute approximate surface area is 239 Å². The summed E-state index contributed by atoms with van der Waals surface area (Å²) >= 11 is 0. The van der Waals surface area contributed by atoms with E-state index in [0.29, 0.717) is 31.8 Å². The average molecular weight is 555 g/mol. The van der Waals surface area contributed by atoms with Gasteiger partial charge in [0.05, 0.1) is 18.5 Å². The van der Waals surface area contributed by atoms with Crippen molar-refractivity contribution in [3.05, 3.63) is 102 Å². The monoisotopic (exact) mass is 554 g/mol. The highest BCUT2D eigenvalue weighted by molar-refractivity contribution is 6.00. The summed E-state index contributed by atoms with van der Waals surface area (Å²) in [4.78, 5) is 40.2. The van der Waals surface area contributed by atoms with Gasteiger partial charge in [0.1, 0.15) is 12.3 Å². The van der Waals surface area contributed by atoms with Crippen molar-refractivity contribution in [3.8, 4) is 11.3 Å². The van der Waals surface area contributed by atoms with Crippen LogP contribution in [0.25, 0.3) is 11.3 Å². The predicted molar refractivity (Wildman–Crippen MR) is 158 cm³/mol. The number of nitrogen functional groups attached to an aromatic ring is 1. The molecule has 1 amide bonds. The van der Waals surface area contributed by atoms with Crippen molar-refractivity contribution < 1.29 is 19.1 Å². The Morgan fingerprint density at radius 3 is 2.54 bits per heavy atom. The summed E-state index contributed by atoms with van der Waals surface area (Å²) in [6.45, 7) is 1.89. The van der Waals surface area contributed by atoms with Gasteiger partial charge in [0.25, 0.3) is 0 Å². The van der Waals surface area contributed by atoms with Crippen molar-refractivity contribution in [3.63, 3.8) is 0 Å². The van der Waals surface area contributed by atoms with E-state index in [-0.39, 0.29) is 30.3 Å². The van der Waals surface area contributed by atoms with Gasteiger partial charge in [0.2, 0.25) is 0 Å². The maximum atomic E-state index is 13.3. The summed E-state index contributed by atoms with van der Waals surface area (Å²) in [7, 11) is 3.59. The highest BCUT2D eigenvalue weighted by Gasteiger charge is 2.18. The number of benzene rings is 2. The van der Waals surface area contributed by atoms with Gasteiger partial charge in [-0.1, -0.05) is 54.6 Å². The smallest absolute Gasteiger partial charge is 0.407 e. The third kappa shape index (κ3) is 8.33. The van der Waals surface area contributed by atoms with Crippen LogP contribution in [0.5, 0.6) is 0 Å². The van der Waals surface area contributed by atoms with Gasteiger partial charge in [0.15, 0.2) is 11.6 Å². The number of nitrogens with one attached hydrogen (secondary N) is 1. The number of nitrogens with two attached hydrogens (primary N) is 1. The molecule has 41 heavy (non-hydrogen) atoms. The largest absolute Gasteiger partial charge is 0.445 e. The van der Waals surface area contributed by atoms with Crippen molar-refractivity contribution in [2.75, 3.05) is 44.5 Å². The first kappa shape index (κ1) is 29.2. The summed E-state index contributed by atoms with van der Waals surface area (Å²) in [6.07, 6.45) is 5.19. The van der Waals surface area contributed by atoms with E-state index < -0.39 is 6.09 Å². The molecule has 0 aliphatic rings. The summed E-state index contributed by atoms with van der Waals surface area (Å²) in [5, 5.41) is 2.77. The van der Waals surface area contributed by atoms with Crippen LogP contribution in [0.4, 0.5) is 16.3 Å².